The molecule has 5 N–H and O–H groups in total. The Labute approximate surface area is 116 Å². The molecule has 1 saturated carbocycles. The van der Waals surface area contributed by atoms with Crippen molar-refractivity contribution < 1.29 is 4.79 Å². The Morgan fingerprint density at radius 1 is 1.37 bits per heavy atom. The molecule has 1 aliphatic rings. The molecule has 1 rings (SSSR count). The molecule has 19 heavy (non-hydrogen) atoms. The van der Waals surface area contributed by atoms with Gasteiger partial charge in [-0.3, -0.25) is 5.41 Å². The Kier molecular flexibility index (Phi) is 4.82. The lowest BCUT2D eigenvalue weighted by molar-refractivity contribution is 0.204. The molecule has 5 heteroatoms. The van der Waals surface area contributed by atoms with Crippen LogP contribution in [0.1, 0.15) is 59.8 Å². The summed E-state index contributed by atoms with van der Waals surface area (Å²) in [6.07, 6.45) is 4.72. The van der Waals surface area contributed by atoms with Crippen molar-refractivity contribution in [3.05, 3.63) is 0 Å². The Balaban J connectivity index is 2.69. The van der Waals surface area contributed by atoms with Gasteiger partial charge in [0.15, 0.2) is 0 Å². The molecular weight excluding hydrogens is 240 g/mol. The Bertz CT molecular complexity index is 338. The molecular formula is C14H28N4O. The summed E-state index contributed by atoms with van der Waals surface area (Å²) in [4.78, 5) is 12.0. The molecule has 110 valence electrons. The Morgan fingerprint density at radius 3 is 2.26 bits per heavy atom. The minimum absolute atomic E-state index is 0.0751. The van der Waals surface area contributed by atoms with E-state index in [4.69, 9.17) is 11.1 Å². The number of carbonyl (C=O) groups excluding carboxylic acids is 1. The molecule has 0 saturated heterocycles. The van der Waals surface area contributed by atoms with Gasteiger partial charge in [-0.2, -0.15) is 0 Å². The summed E-state index contributed by atoms with van der Waals surface area (Å²) < 4.78 is 0. The maximum Gasteiger partial charge on any atom is 0.315 e. The van der Waals surface area contributed by atoms with Gasteiger partial charge in [0, 0.05) is 5.54 Å². The van der Waals surface area contributed by atoms with Crippen LogP contribution in [-0.4, -0.2) is 22.9 Å². The van der Waals surface area contributed by atoms with E-state index >= 15 is 0 Å². The molecule has 0 unspecified atom stereocenters. The van der Waals surface area contributed by atoms with E-state index in [1.54, 1.807) is 0 Å². The highest BCUT2D eigenvalue weighted by Gasteiger charge is 2.39. The summed E-state index contributed by atoms with van der Waals surface area (Å²) in [7, 11) is 0. The molecule has 5 nitrogen and oxygen atoms in total. The average Bonchev–Trinajstić information content (AvgIpc) is 2.27. The zero-order valence-electron chi connectivity index (χ0n) is 12.6. The van der Waals surface area contributed by atoms with Gasteiger partial charge in [0.1, 0.15) is 5.84 Å². The van der Waals surface area contributed by atoms with Gasteiger partial charge in [0.25, 0.3) is 0 Å². The molecule has 0 aromatic carbocycles. The van der Waals surface area contributed by atoms with E-state index in [0.717, 1.165) is 32.1 Å². The molecule has 1 fully saturated rings. The van der Waals surface area contributed by atoms with Crippen LogP contribution in [0.5, 0.6) is 0 Å². The Morgan fingerprint density at radius 2 is 1.89 bits per heavy atom. The van der Waals surface area contributed by atoms with Crippen molar-refractivity contribution >= 4 is 11.9 Å². The van der Waals surface area contributed by atoms with Gasteiger partial charge in [0.2, 0.25) is 0 Å². The molecule has 0 radical (unpaired) electrons. The third-order valence-electron chi connectivity index (χ3n) is 3.89. The van der Waals surface area contributed by atoms with E-state index in [1.807, 2.05) is 20.8 Å². The first-order chi connectivity index (χ1) is 8.68. The number of amidine groups is 1. The van der Waals surface area contributed by atoms with Crippen LogP contribution in [0.4, 0.5) is 4.79 Å². The van der Waals surface area contributed by atoms with Crippen LogP contribution in [-0.2, 0) is 0 Å². The molecule has 0 spiro atoms. The summed E-state index contributed by atoms with van der Waals surface area (Å²) in [6, 6.07) is -0.238. The van der Waals surface area contributed by atoms with Crippen LogP contribution >= 0.6 is 0 Å². The van der Waals surface area contributed by atoms with Crippen LogP contribution < -0.4 is 16.4 Å². The average molecular weight is 268 g/mol. The number of nitrogens with two attached hydrogens (primary N) is 1. The minimum Gasteiger partial charge on any atom is -0.386 e. The van der Waals surface area contributed by atoms with Crippen LogP contribution in [0.25, 0.3) is 0 Å². The fraction of sp³-hybridized carbons (Fsp3) is 0.857. The summed E-state index contributed by atoms with van der Waals surface area (Å²) in [5, 5.41) is 13.6. The van der Waals surface area contributed by atoms with Crippen molar-refractivity contribution in [2.75, 3.05) is 0 Å². The number of urea groups is 1. The van der Waals surface area contributed by atoms with Crippen molar-refractivity contribution in [2.24, 2.45) is 11.7 Å². The fourth-order valence-corrected chi connectivity index (χ4v) is 2.63. The number of hydrogen-bond acceptors (Lipinski definition) is 2. The molecule has 0 atom stereocenters. The van der Waals surface area contributed by atoms with Crippen LogP contribution in [0, 0.1) is 11.3 Å². The fourth-order valence-electron chi connectivity index (χ4n) is 2.63. The van der Waals surface area contributed by atoms with E-state index < -0.39 is 5.54 Å². The minimum atomic E-state index is -0.652. The van der Waals surface area contributed by atoms with Gasteiger partial charge in [-0.15, -0.1) is 0 Å². The first kappa shape index (κ1) is 15.8. The van der Waals surface area contributed by atoms with Gasteiger partial charge >= 0.3 is 6.03 Å². The van der Waals surface area contributed by atoms with Crippen LogP contribution in [0.15, 0.2) is 0 Å². The highest BCUT2D eigenvalue weighted by Crippen LogP contribution is 2.33. The molecule has 0 aromatic heterocycles. The largest absolute Gasteiger partial charge is 0.386 e. The van der Waals surface area contributed by atoms with E-state index in [0.29, 0.717) is 5.92 Å². The molecule has 0 bridgehead atoms. The SMILES string of the molecule is CCC1CCC(NC(=O)NC(C)(C)C)(C(=N)N)CC1. The quantitative estimate of drug-likeness (QED) is 0.467. The summed E-state index contributed by atoms with van der Waals surface area (Å²) in [5.74, 6) is 0.770. The second-order valence-electron chi connectivity index (χ2n) is 6.68. The summed E-state index contributed by atoms with van der Waals surface area (Å²) in [5.41, 5.74) is 4.80. The predicted octanol–water partition coefficient (Wildman–Crippen LogP) is 2.36. The third-order valence-corrected chi connectivity index (χ3v) is 3.89. The van der Waals surface area contributed by atoms with E-state index in [1.165, 1.54) is 0 Å². The van der Waals surface area contributed by atoms with Crippen molar-refractivity contribution in [1.29, 1.82) is 5.41 Å². The van der Waals surface area contributed by atoms with Crippen LogP contribution in [0.2, 0.25) is 0 Å². The van der Waals surface area contributed by atoms with Crippen LogP contribution in [0.3, 0.4) is 0 Å². The van der Waals surface area contributed by atoms with E-state index in [-0.39, 0.29) is 17.4 Å². The number of amides is 2. The van der Waals surface area contributed by atoms with Crippen molar-refractivity contribution in [3.63, 3.8) is 0 Å². The van der Waals surface area contributed by atoms with Gasteiger partial charge in [-0.25, -0.2) is 4.79 Å². The van der Waals surface area contributed by atoms with E-state index in [2.05, 4.69) is 17.6 Å². The molecule has 0 aromatic rings. The van der Waals surface area contributed by atoms with Gasteiger partial charge in [-0.1, -0.05) is 13.3 Å². The summed E-state index contributed by atoms with van der Waals surface area (Å²) in [6.45, 7) is 7.98. The topological polar surface area (TPSA) is 91.0 Å². The second kappa shape index (κ2) is 5.80. The zero-order chi connectivity index (χ0) is 14.7. The highest BCUT2D eigenvalue weighted by atomic mass is 16.2. The molecule has 2 amide bonds. The number of nitrogens with one attached hydrogen (secondary N) is 3. The highest BCUT2D eigenvalue weighted by molar-refractivity contribution is 5.92. The smallest absolute Gasteiger partial charge is 0.315 e. The van der Waals surface area contributed by atoms with Crippen molar-refractivity contribution in [3.8, 4) is 0 Å². The molecule has 1 aliphatic carbocycles. The number of hydrogen-bond donors (Lipinski definition) is 4. The summed E-state index contributed by atoms with van der Waals surface area (Å²) >= 11 is 0. The predicted molar refractivity (Wildman–Crippen MR) is 78.3 cm³/mol. The second-order valence-corrected chi connectivity index (χ2v) is 6.68. The standard InChI is InChI=1S/C14H28N4O/c1-5-10-6-8-14(9-7-10,11(15)16)18-12(19)17-13(2,3)4/h10H,5-9H2,1-4H3,(H3,15,16)(H2,17,18,19). The molecule has 0 heterocycles. The normalized spacial score (nSPS) is 27.7. The van der Waals surface area contributed by atoms with Crippen molar-refractivity contribution in [2.45, 2.75) is 70.9 Å². The van der Waals surface area contributed by atoms with E-state index in [9.17, 15) is 4.79 Å². The van der Waals surface area contributed by atoms with Gasteiger partial charge < -0.3 is 16.4 Å². The first-order valence-electron chi connectivity index (χ1n) is 7.13. The zero-order valence-corrected chi connectivity index (χ0v) is 12.6. The lowest BCUT2D eigenvalue weighted by Crippen LogP contribution is -2.62. The lowest BCUT2D eigenvalue weighted by Gasteiger charge is -2.40. The van der Waals surface area contributed by atoms with Gasteiger partial charge in [-0.05, 0) is 52.4 Å². The Hall–Kier alpha value is -1.26. The third kappa shape index (κ3) is 4.40. The maximum absolute atomic E-state index is 12.0. The molecule has 0 aliphatic heterocycles. The number of carbonyl (C=O) groups is 1. The maximum atomic E-state index is 12.0. The lowest BCUT2D eigenvalue weighted by atomic mass is 9.75. The first-order valence-corrected chi connectivity index (χ1v) is 7.13. The number of rotatable bonds is 3. The monoisotopic (exact) mass is 268 g/mol. The van der Waals surface area contributed by atoms with Gasteiger partial charge in [0.05, 0.1) is 5.54 Å². The van der Waals surface area contributed by atoms with Crippen molar-refractivity contribution in [1.82, 2.24) is 10.6 Å².